The predicted molar refractivity (Wildman–Crippen MR) is 116 cm³/mol. The molecule has 2 aromatic carbocycles. The van der Waals surface area contributed by atoms with Gasteiger partial charge < -0.3 is 5.11 Å². The maximum atomic E-state index is 9.60. The summed E-state index contributed by atoms with van der Waals surface area (Å²) in [5.74, 6) is 0. The fourth-order valence-corrected chi connectivity index (χ4v) is 4.16. The monoisotopic (exact) mass is 390 g/mol. The summed E-state index contributed by atoms with van der Waals surface area (Å²) in [5.41, 5.74) is 5.03. The average molecular weight is 391 g/mol. The first-order valence-corrected chi connectivity index (χ1v) is 10.4. The lowest BCUT2D eigenvalue weighted by Crippen LogP contribution is -2.52. The number of rotatable bonds is 7. The van der Waals surface area contributed by atoms with E-state index in [1.807, 2.05) is 29.1 Å². The van der Waals surface area contributed by atoms with E-state index in [9.17, 15) is 5.11 Å². The van der Waals surface area contributed by atoms with Crippen LogP contribution in [-0.4, -0.2) is 57.0 Å². The summed E-state index contributed by atoms with van der Waals surface area (Å²) < 4.78 is 1.94. The highest BCUT2D eigenvalue weighted by Gasteiger charge is 2.27. The van der Waals surface area contributed by atoms with Crippen molar-refractivity contribution in [3.8, 4) is 5.69 Å². The fraction of sp³-hybridized carbons (Fsp3) is 0.375. The molecular weight excluding hydrogens is 360 g/mol. The molecule has 0 bridgehead atoms. The van der Waals surface area contributed by atoms with Crippen LogP contribution in [0.1, 0.15) is 23.1 Å². The Balaban J connectivity index is 1.40. The van der Waals surface area contributed by atoms with Crippen LogP contribution in [0.25, 0.3) is 5.69 Å². The molecule has 1 fully saturated rings. The number of aliphatic hydroxyl groups is 1. The number of para-hydroxylation sites is 1. The molecule has 0 unspecified atom stereocenters. The van der Waals surface area contributed by atoms with Gasteiger partial charge in [0.2, 0.25) is 0 Å². The van der Waals surface area contributed by atoms with Crippen molar-refractivity contribution in [2.45, 2.75) is 32.5 Å². The first kappa shape index (κ1) is 19.8. The first-order valence-electron chi connectivity index (χ1n) is 10.4. The predicted octanol–water partition coefficient (Wildman–Crippen LogP) is 3.25. The number of hydrogen-bond donors (Lipinski definition) is 1. The number of benzene rings is 2. The molecule has 2 heterocycles. The molecule has 29 heavy (non-hydrogen) atoms. The van der Waals surface area contributed by atoms with E-state index in [-0.39, 0.29) is 6.61 Å². The van der Waals surface area contributed by atoms with E-state index >= 15 is 0 Å². The van der Waals surface area contributed by atoms with Gasteiger partial charge in [-0.2, -0.15) is 5.10 Å². The number of hydrogen-bond acceptors (Lipinski definition) is 4. The summed E-state index contributed by atoms with van der Waals surface area (Å²) in [6, 6.07) is 19.2. The summed E-state index contributed by atoms with van der Waals surface area (Å²) in [6.07, 6.45) is 4.90. The van der Waals surface area contributed by atoms with Gasteiger partial charge in [-0.05, 0) is 36.6 Å². The molecule has 3 aromatic rings. The number of aryl methyl sites for hydroxylation is 1. The smallest absolute Gasteiger partial charge is 0.0645 e. The van der Waals surface area contributed by atoms with Crippen molar-refractivity contribution >= 4 is 0 Å². The van der Waals surface area contributed by atoms with Gasteiger partial charge in [-0.3, -0.25) is 9.80 Å². The van der Waals surface area contributed by atoms with Crippen LogP contribution < -0.4 is 0 Å². The zero-order chi connectivity index (χ0) is 20.1. The van der Waals surface area contributed by atoms with Crippen LogP contribution in [0.15, 0.2) is 67.0 Å². The molecule has 4 rings (SSSR count). The normalized spacial score (nSPS) is 18.2. The van der Waals surface area contributed by atoms with E-state index in [0.717, 1.165) is 44.8 Å². The van der Waals surface area contributed by atoms with E-state index in [1.165, 1.54) is 16.7 Å². The molecule has 1 aromatic heterocycles. The Morgan fingerprint density at radius 2 is 1.79 bits per heavy atom. The highest BCUT2D eigenvalue weighted by atomic mass is 16.3. The van der Waals surface area contributed by atoms with Crippen LogP contribution in [-0.2, 0) is 13.1 Å². The molecule has 1 N–H and O–H groups in total. The van der Waals surface area contributed by atoms with E-state index < -0.39 is 0 Å². The van der Waals surface area contributed by atoms with Gasteiger partial charge in [-0.15, -0.1) is 0 Å². The van der Waals surface area contributed by atoms with Crippen molar-refractivity contribution in [2.75, 3.05) is 26.2 Å². The lowest BCUT2D eigenvalue weighted by molar-refractivity contribution is 0.0498. The van der Waals surface area contributed by atoms with Crippen LogP contribution in [0.2, 0.25) is 0 Å². The Bertz CT molecular complexity index is 908. The quantitative estimate of drug-likeness (QED) is 0.673. The molecule has 1 aliphatic heterocycles. The van der Waals surface area contributed by atoms with Crippen molar-refractivity contribution in [1.82, 2.24) is 19.6 Å². The molecule has 1 atom stereocenters. The molecule has 0 radical (unpaired) electrons. The third kappa shape index (κ3) is 4.93. The molecule has 5 nitrogen and oxygen atoms in total. The minimum atomic E-state index is 0.231. The van der Waals surface area contributed by atoms with E-state index in [4.69, 9.17) is 0 Å². The van der Waals surface area contributed by atoms with Gasteiger partial charge in [0, 0.05) is 57.1 Å². The van der Waals surface area contributed by atoms with Gasteiger partial charge in [0.15, 0.2) is 0 Å². The zero-order valence-electron chi connectivity index (χ0n) is 17.1. The van der Waals surface area contributed by atoms with Crippen molar-refractivity contribution < 1.29 is 5.11 Å². The second kappa shape index (κ2) is 9.35. The second-order valence-electron chi connectivity index (χ2n) is 7.93. The van der Waals surface area contributed by atoms with E-state index in [1.54, 1.807) is 0 Å². The highest BCUT2D eigenvalue weighted by Crippen LogP contribution is 2.20. The van der Waals surface area contributed by atoms with Crippen LogP contribution in [0.5, 0.6) is 0 Å². The maximum Gasteiger partial charge on any atom is 0.0645 e. The zero-order valence-corrected chi connectivity index (χ0v) is 17.1. The second-order valence-corrected chi connectivity index (χ2v) is 7.93. The van der Waals surface area contributed by atoms with Gasteiger partial charge in [0.25, 0.3) is 0 Å². The van der Waals surface area contributed by atoms with Crippen molar-refractivity contribution in [3.05, 3.63) is 83.7 Å². The lowest BCUT2D eigenvalue weighted by Gasteiger charge is -2.41. The SMILES string of the molecule is Cc1ccccc1CN1CCN(Cc2cnn(-c3ccccc3)c2)C[C@H]1CCO. The largest absolute Gasteiger partial charge is 0.396 e. The maximum absolute atomic E-state index is 9.60. The van der Waals surface area contributed by atoms with Crippen LogP contribution in [0.4, 0.5) is 0 Å². The van der Waals surface area contributed by atoms with Crippen LogP contribution >= 0.6 is 0 Å². The first-order chi connectivity index (χ1) is 14.2. The molecule has 5 heteroatoms. The molecule has 1 saturated heterocycles. The summed E-state index contributed by atoms with van der Waals surface area (Å²) in [5, 5.41) is 14.1. The summed E-state index contributed by atoms with van der Waals surface area (Å²) >= 11 is 0. The summed E-state index contributed by atoms with van der Waals surface area (Å²) in [6.45, 7) is 7.29. The number of piperazine rings is 1. The Hall–Kier alpha value is -2.47. The molecule has 0 amide bonds. The topological polar surface area (TPSA) is 44.5 Å². The summed E-state index contributed by atoms with van der Waals surface area (Å²) in [7, 11) is 0. The van der Waals surface area contributed by atoms with Crippen molar-refractivity contribution in [3.63, 3.8) is 0 Å². The molecule has 152 valence electrons. The van der Waals surface area contributed by atoms with Crippen molar-refractivity contribution in [1.29, 1.82) is 0 Å². The standard InChI is InChI=1S/C24H30N4O/c1-20-7-5-6-8-22(20)18-27-13-12-26(19-24(27)11-14-29)16-21-15-25-28(17-21)23-9-3-2-4-10-23/h2-10,15,17,24,29H,11-14,16,18-19H2,1H3/t24-/m1/s1. The van der Waals surface area contributed by atoms with Gasteiger partial charge in [0.1, 0.15) is 0 Å². The van der Waals surface area contributed by atoms with Crippen molar-refractivity contribution in [2.24, 2.45) is 0 Å². The third-order valence-electron chi connectivity index (χ3n) is 5.85. The van der Waals surface area contributed by atoms with E-state index in [0.29, 0.717) is 6.04 Å². The average Bonchev–Trinajstić information content (AvgIpc) is 3.21. The van der Waals surface area contributed by atoms with Crippen LogP contribution in [0.3, 0.4) is 0 Å². The highest BCUT2D eigenvalue weighted by molar-refractivity contribution is 5.31. The minimum Gasteiger partial charge on any atom is -0.396 e. The number of aliphatic hydroxyl groups excluding tert-OH is 1. The Morgan fingerprint density at radius 3 is 2.59 bits per heavy atom. The van der Waals surface area contributed by atoms with Gasteiger partial charge in [0.05, 0.1) is 11.9 Å². The van der Waals surface area contributed by atoms with Gasteiger partial charge in [-0.25, -0.2) is 4.68 Å². The van der Waals surface area contributed by atoms with E-state index in [2.05, 4.69) is 64.4 Å². The number of aromatic nitrogens is 2. The fourth-order valence-electron chi connectivity index (χ4n) is 4.16. The third-order valence-corrected chi connectivity index (χ3v) is 5.85. The summed E-state index contributed by atoms with van der Waals surface area (Å²) in [4.78, 5) is 5.02. The molecule has 0 aliphatic carbocycles. The molecule has 0 spiro atoms. The van der Waals surface area contributed by atoms with Gasteiger partial charge in [-0.1, -0.05) is 42.5 Å². The Labute approximate surface area is 173 Å². The molecule has 1 aliphatic rings. The molecule has 0 saturated carbocycles. The van der Waals surface area contributed by atoms with Gasteiger partial charge >= 0.3 is 0 Å². The van der Waals surface area contributed by atoms with Crippen LogP contribution in [0, 0.1) is 6.92 Å². The Kier molecular flexibility index (Phi) is 6.39. The molecular formula is C24H30N4O. The Morgan fingerprint density at radius 1 is 1.00 bits per heavy atom. The lowest BCUT2D eigenvalue weighted by atomic mass is 10.0. The minimum absolute atomic E-state index is 0.231. The number of nitrogens with zero attached hydrogens (tertiary/aromatic N) is 4.